The monoisotopic (exact) mass is 464 g/mol. The minimum atomic E-state index is -1.42. The van der Waals surface area contributed by atoms with Crippen molar-refractivity contribution < 1.29 is 29.9 Å². The van der Waals surface area contributed by atoms with Crippen LogP contribution in [0.4, 0.5) is 0 Å². The molecular weight excluding hydrogens is 432 g/mol. The Morgan fingerprint density at radius 3 is 2.24 bits per heavy atom. The molecule has 0 amide bonds. The van der Waals surface area contributed by atoms with Crippen molar-refractivity contribution in [1.82, 2.24) is 0 Å². The van der Waals surface area contributed by atoms with Crippen LogP contribution >= 0.6 is 0 Å². The Bertz CT molecular complexity index is 1080. The van der Waals surface area contributed by atoms with Crippen LogP contribution in [-0.2, 0) is 11.2 Å². The van der Waals surface area contributed by atoms with E-state index in [1.807, 2.05) is 73.7 Å². The molecule has 1 aliphatic rings. The molecule has 0 aliphatic carbocycles. The van der Waals surface area contributed by atoms with Crippen molar-refractivity contribution in [3.63, 3.8) is 0 Å². The van der Waals surface area contributed by atoms with E-state index in [4.69, 9.17) is 9.47 Å². The zero-order valence-corrected chi connectivity index (χ0v) is 19.5. The molecule has 0 saturated carbocycles. The highest BCUT2D eigenvalue weighted by Gasteiger charge is 2.44. The van der Waals surface area contributed by atoms with Crippen molar-refractivity contribution in [2.75, 3.05) is 13.2 Å². The third kappa shape index (κ3) is 5.02. The normalized spacial score (nSPS) is 24.7. The average molecular weight is 465 g/mol. The maximum atomic E-state index is 10.7. The Balaban J connectivity index is 1.76. The highest BCUT2D eigenvalue weighted by atomic mass is 16.5. The first kappa shape index (κ1) is 24.4. The molecule has 0 spiro atoms. The van der Waals surface area contributed by atoms with Gasteiger partial charge in [-0.05, 0) is 71.8 Å². The number of rotatable bonds is 7. The summed E-state index contributed by atoms with van der Waals surface area (Å²) in [4.78, 5) is 0. The molecular formula is C28H32O6. The van der Waals surface area contributed by atoms with Gasteiger partial charge in [0.25, 0.3) is 0 Å². The van der Waals surface area contributed by atoms with Gasteiger partial charge in [-0.25, -0.2) is 0 Å². The molecule has 0 bridgehead atoms. The summed E-state index contributed by atoms with van der Waals surface area (Å²) in [5.41, 5.74) is 5.97. The summed E-state index contributed by atoms with van der Waals surface area (Å²) in [6.07, 6.45) is -5.34. The standard InChI is InChI=1S/C28H32O6/c1-3-33-22-11-9-18(10-12-22)13-20-14-21(15-23(17(20)2)19-7-5-4-6-8-19)28-27(32)26(31)25(30)24(16-29)34-28/h4-12,14-15,24-32H,3,13,16H2,1-2H3. The predicted molar refractivity (Wildman–Crippen MR) is 130 cm³/mol. The van der Waals surface area contributed by atoms with E-state index in [1.54, 1.807) is 0 Å². The van der Waals surface area contributed by atoms with Crippen LogP contribution in [0, 0.1) is 6.92 Å². The lowest BCUT2D eigenvalue weighted by molar-refractivity contribution is -0.231. The molecule has 5 atom stereocenters. The van der Waals surface area contributed by atoms with Gasteiger partial charge < -0.3 is 29.9 Å². The quantitative estimate of drug-likeness (QED) is 0.429. The second-order valence-corrected chi connectivity index (χ2v) is 8.72. The van der Waals surface area contributed by atoms with Crippen LogP contribution in [0.25, 0.3) is 11.1 Å². The first-order valence-corrected chi connectivity index (χ1v) is 11.6. The minimum Gasteiger partial charge on any atom is -0.494 e. The van der Waals surface area contributed by atoms with E-state index in [1.165, 1.54) is 0 Å². The second-order valence-electron chi connectivity index (χ2n) is 8.72. The maximum absolute atomic E-state index is 10.7. The van der Waals surface area contributed by atoms with Gasteiger partial charge in [0.05, 0.1) is 13.2 Å². The van der Waals surface area contributed by atoms with Crippen LogP contribution in [0.2, 0.25) is 0 Å². The summed E-state index contributed by atoms with van der Waals surface area (Å²) in [5, 5.41) is 40.9. The van der Waals surface area contributed by atoms with Crippen LogP contribution in [0.3, 0.4) is 0 Å². The first-order valence-electron chi connectivity index (χ1n) is 11.6. The molecule has 4 N–H and O–H groups in total. The highest BCUT2D eigenvalue weighted by molar-refractivity contribution is 5.70. The van der Waals surface area contributed by atoms with Crippen LogP contribution in [0.15, 0.2) is 66.7 Å². The van der Waals surface area contributed by atoms with Gasteiger partial charge in [0.1, 0.15) is 36.3 Å². The number of hydrogen-bond donors (Lipinski definition) is 4. The van der Waals surface area contributed by atoms with Crippen molar-refractivity contribution >= 4 is 0 Å². The second kappa shape index (κ2) is 10.7. The molecule has 0 radical (unpaired) electrons. The van der Waals surface area contributed by atoms with Crippen LogP contribution < -0.4 is 4.74 Å². The lowest BCUT2D eigenvalue weighted by Gasteiger charge is -2.40. The summed E-state index contributed by atoms with van der Waals surface area (Å²) in [7, 11) is 0. The molecule has 6 heteroatoms. The van der Waals surface area contributed by atoms with Crippen molar-refractivity contribution in [3.05, 3.63) is 89.0 Å². The Morgan fingerprint density at radius 2 is 1.59 bits per heavy atom. The molecule has 3 aromatic rings. The van der Waals surface area contributed by atoms with E-state index >= 15 is 0 Å². The SMILES string of the molecule is CCOc1ccc(Cc2cc(C3OC(CO)C(O)C(O)C3O)cc(-c3ccccc3)c2C)cc1. The molecule has 6 nitrogen and oxygen atoms in total. The average Bonchev–Trinajstić information content (AvgIpc) is 2.86. The van der Waals surface area contributed by atoms with Crippen molar-refractivity contribution in [2.45, 2.75) is 50.8 Å². The molecule has 3 aromatic carbocycles. The molecule has 4 rings (SSSR count). The van der Waals surface area contributed by atoms with Crippen molar-refractivity contribution in [1.29, 1.82) is 0 Å². The van der Waals surface area contributed by atoms with Gasteiger partial charge in [-0.1, -0.05) is 48.5 Å². The van der Waals surface area contributed by atoms with Gasteiger partial charge in [0.2, 0.25) is 0 Å². The fourth-order valence-corrected chi connectivity index (χ4v) is 4.53. The molecule has 1 heterocycles. The first-order chi connectivity index (χ1) is 16.4. The lowest BCUT2D eigenvalue weighted by atomic mass is 9.86. The lowest BCUT2D eigenvalue weighted by Crippen LogP contribution is -2.55. The van der Waals surface area contributed by atoms with Gasteiger partial charge in [0, 0.05) is 0 Å². The molecule has 34 heavy (non-hydrogen) atoms. The zero-order valence-electron chi connectivity index (χ0n) is 19.5. The molecule has 1 saturated heterocycles. The summed E-state index contributed by atoms with van der Waals surface area (Å²) >= 11 is 0. The van der Waals surface area contributed by atoms with Crippen molar-refractivity contribution in [3.8, 4) is 16.9 Å². The van der Waals surface area contributed by atoms with Gasteiger partial charge in [-0.2, -0.15) is 0 Å². The summed E-state index contributed by atoms with van der Waals surface area (Å²) in [6, 6.07) is 21.9. The number of benzene rings is 3. The van der Waals surface area contributed by atoms with Gasteiger partial charge in [-0.15, -0.1) is 0 Å². The van der Waals surface area contributed by atoms with Crippen LogP contribution in [0.1, 0.15) is 35.3 Å². The molecule has 1 aliphatic heterocycles. The Labute approximate surface area is 200 Å². The van der Waals surface area contributed by atoms with Crippen LogP contribution in [-0.4, -0.2) is 58.1 Å². The summed E-state index contributed by atoms with van der Waals surface area (Å²) in [6.45, 7) is 4.17. The van der Waals surface area contributed by atoms with E-state index in [9.17, 15) is 20.4 Å². The van der Waals surface area contributed by atoms with Gasteiger partial charge in [0.15, 0.2) is 0 Å². The topological polar surface area (TPSA) is 99.4 Å². The Morgan fingerprint density at radius 1 is 0.882 bits per heavy atom. The van der Waals surface area contributed by atoms with E-state index in [0.717, 1.165) is 33.6 Å². The van der Waals surface area contributed by atoms with E-state index in [-0.39, 0.29) is 0 Å². The molecule has 0 aromatic heterocycles. The number of aliphatic hydroxyl groups excluding tert-OH is 4. The fourth-order valence-electron chi connectivity index (χ4n) is 4.53. The fraction of sp³-hybridized carbons (Fsp3) is 0.357. The summed E-state index contributed by atoms with van der Waals surface area (Å²) < 4.78 is 11.4. The van der Waals surface area contributed by atoms with Crippen molar-refractivity contribution in [2.24, 2.45) is 0 Å². The third-order valence-electron chi connectivity index (χ3n) is 6.47. The van der Waals surface area contributed by atoms with E-state index < -0.39 is 37.1 Å². The van der Waals surface area contributed by atoms with Gasteiger partial charge >= 0.3 is 0 Å². The molecule has 5 unspecified atom stereocenters. The number of aliphatic hydroxyl groups is 4. The zero-order chi connectivity index (χ0) is 24.2. The highest BCUT2D eigenvalue weighted by Crippen LogP contribution is 2.37. The maximum Gasteiger partial charge on any atom is 0.119 e. The summed E-state index contributed by atoms with van der Waals surface area (Å²) in [5.74, 6) is 0.822. The molecule has 180 valence electrons. The number of ether oxygens (including phenoxy) is 2. The van der Waals surface area contributed by atoms with E-state index in [2.05, 4.69) is 6.92 Å². The van der Waals surface area contributed by atoms with Crippen LogP contribution in [0.5, 0.6) is 5.75 Å². The van der Waals surface area contributed by atoms with Gasteiger partial charge in [-0.3, -0.25) is 0 Å². The smallest absolute Gasteiger partial charge is 0.119 e. The Kier molecular flexibility index (Phi) is 7.66. The predicted octanol–water partition coefficient (Wildman–Crippen LogP) is 3.17. The number of hydrogen-bond acceptors (Lipinski definition) is 6. The van der Waals surface area contributed by atoms with E-state index in [0.29, 0.717) is 18.6 Å². The largest absolute Gasteiger partial charge is 0.494 e. The molecule has 1 fully saturated rings. The Hall–Kier alpha value is -2.74. The minimum absolute atomic E-state index is 0.460. The third-order valence-corrected chi connectivity index (χ3v) is 6.47.